The van der Waals surface area contributed by atoms with Gasteiger partial charge in [-0.05, 0) is 24.0 Å². The Morgan fingerprint density at radius 3 is 2.82 bits per heavy atom. The van der Waals surface area contributed by atoms with Crippen LogP contribution in [0.4, 0.5) is 5.69 Å². The van der Waals surface area contributed by atoms with Gasteiger partial charge >= 0.3 is 5.97 Å². The maximum Gasteiger partial charge on any atom is 0.303 e. The van der Waals surface area contributed by atoms with Crippen molar-refractivity contribution in [2.45, 2.75) is 38.7 Å². The third kappa shape index (κ3) is 4.75. The number of carbonyl (C=O) groups excluding carboxylic acids is 1. The predicted molar refractivity (Wildman–Crippen MR) is 105 cm³/mol. The van der Waals surface area contributed by atoms with E-state index in [2.05, 4.69) is 20.2 Å². The van der Waals surface area contributed by atoms with Gasteiger partial charge in [-0.3, -0.25) is 19.6 Å². The van der Waals surface area contributed by atoms with Gasteiger partial charge in [0.15, 0.2) is 0 Å². The number of pyridine rings is 2. The third-order valence-corrected chi connectivity index (χ3v) is 5.08. The summed E-state index contributed by atoms with van der Waals surface area (Å²) in [6.07, 6.45) is 5.74. The molecular weight excluding hydrogens is 360 g/mol. The van der Waals surface area contributed by atoms with E-state index >= 15 is 0 Å². The van der Waals surface area contributed by atoms with Gasteiger partial charge in [-0.25, -0.2) is 0 Å². The van der Waals surface area contributed by atoms with Crippen LogP contribution in [-0.4, -0.2) is 57.3 Å². The van der Waals surface area contributed by atoms with Crippen LogP contribution in [0.15, 0.2) is 30.7 Å². The molecule has 3 heterocycles. The fourth-order valence-electron chi connectivity index (χ4n) is 3.69. The van der Waals surface area contributed by atoms with Crippen molar-refractivity contribution >= 4 is 28.5 Å². The lowest BCUT2D eigenvalue weighted by Crippen LogP contribution is -2.45. The van der Waals surface area contributed by atoms with E-state index in [9.17, 15) is 14.7 Å². The summed E-state index contributed by atoms with van der Waals surface area (Å²) in [5.41, 5.74) is 0.132. The minimum atomic E-state index is -1.04. The van der Waals surface area contributed by atoms with Gasteiger partial charge in [0.1, 0.15) is 5.60 Å². The average molecular weight is 386 g/mol. The molecule has 0 saturated carbocycles. The first-order valence-corrected chi connectivity index (χ1v) is 9.32. The smallest absolute Gasteiger partial charge is 0.303 e. The summed E-state index contributed by atoms with van der Waals surface area (Å²) >= 11 is 0. The van der Waals surface area contributed by atoms with Crippen LogP contribution in [-0.2, 0) is 9.59 Å². The lowest BCUT2D eigenvalue weighted by atomic mass is 9.85. The Labute approximate surface area is 163 Å². The first kappa shape index (κ1) is 20.0. The highest BCUT2D eigenvalue weighted by Gasteiger charge is 2.37. The van der Waals surface area contributed by atoms with Crippen LogP contribution in [0, 0.1) is 5.41 Å². The van der Waals surface area contributed by atoms with Gasteiger partial charge in [0.05, 0.1) is 11.9 Å². The molecule has 1 fully saturated rings. The molecule has 1 amide bonds. The summed E-state index contributed by atoms with van der Waals surface area (Å²) in [5.74, 6) is -1.18. The molecular formula is C20H26N4O4. The van der Waals surface area contributed by atoms with Gasteiger partial charge in [0.25, 0.3) is 0 Å². The van der Waals surface area contributed by atoms with Crippen molar-refractivity contribution in [2.75, 3.05) is 24.5 Å². The highest BCUT2D eigenvalue weighted by Crippen LogP contribution is 2.31. The number of hydrogen-bond donors (Lipinski definition) is 3. The number of carbonyl (C=O) groups is 2. The average Bonchev–Trinajstić information content (AvgIpc) is 3.00. The molecule has 0 bridgehead atoms. The van der Waals surface area contributed by atoms with Gasteiger partial charge in [0.2, 0.25) is 5.91 Å². The second-order valence-corrected chi connectivity index (χ2v) is 8.31. The number of aromatic nitrogens is 2. The Balaban J connectivity index is 1.61. The van der Waals surface area contributed by atoms with Crippen molar-refractivity contribution < 1.29 is 19.8 Å². The van der Waals surface area contributed by atoms with E-state index in [1.165, 1.54) is 0 Å². The number of amides is 1. The van der Waals surface area contributed by atoms with Gasteiger partial charge in [0, 0.05) is 55.7 Å². The topological polar surface area (TPSA) is 116 Å². The van der Waals surface area contributed by atoms with Crippen molar-refractivity contribution in [1.82, 2.24) is 15.3 Å². The Bertz CT molecular complexity index is 880. The number of rotatable bonds is 7. The van der Waals surface area contributed by atoms with Gasteiger partial charge in [-0.1, -0.05) is 13.8 Å². The van der Waals surface area contributed by atoms with E-state index in [1.54, 1.807) is 32.4 Å². The normalized spacial score (nSPS) is 19.8. The summed E-state index contributed by atoms with van der Waals surface area (Å²) in [4.78, 5) is 33.7. The summed E-state index contributed by atoms with van der Waals surface area (Å²) in [5, 5.41) is 23.5. The number of carboxylic acid groups (broad SMARTS) is 1. The maximum absolute atomic E-state index is 12.2. The monoisotopic (exact) mass is 386 g/mol. The third-order valence-electron chi connectivity index (χ3n) is 5.08. The molecule has 0 spiro atoms. The molecule has 1 saturated heterocycles. The minimum Gasteiger partial charge on any atom is -0.481 e. The largest absolute Gasteiger partial charge is 0.481 e. The van der Waals surface area contributed by atoms with Crippen molar-refractivity contribution in [2.24, 2.45) is 5.41 Å². The van der Waals surface area contributed by atoms with E-state index < -0.39 is 17.0 Å². The number of aliphatic hydroxyl groups is 1. The summed E-state index contributed by atoms with van der Waals surface area (Å²) in [7, 11) is 0. The lowest BCUT2D eigenvalue weighted by Gasteiger charge is -2.26. The van der Waals surface area contributed by atoms with Gasteiger partial charge in [-0.15, -0.1) is 0 Å². The molecule has 3 N–H and O–H groups in total. The van der Waals surface area contributed by atoms with E-state index in [0.717, 1.165) is 16.6 Å². The molecule has 0 aromatic carbocycles. The number of nitrogens with zero attached hydrogens (tertiary/aromatic N) is 3. The molecule has 0 aliphatic carbocycles. The van der Waals surface area contributed by atoms with Crippen LogP contribution < -0.4 is 10.2 Å². The second kappa shape index (κ2) is 7.71. The molecule has 1 atom stereocenters. The Morgan fingerprint density at radius 2 is 2.07 bits per heavy atom. The van der Waals surface area contributed by atoms with Crippen molar-refractivity contribution in [3.63, 3.8) is 0 Å². The predicted octanol–water partition coefficient (Wildman–Crippen LogP) is 1.58. The van der Waals surface area contributed by atoms with Crippen LogP contribution in [0.2, 0.25) is 0 Å². The second-order valence-electron chi connectivity index (χ2n) is 8.31. The maximum atomic E-state index is 12.2. The molecule has 150 valence electrons. The standard InChI is InChI=1S/C20H26N4O4/c1-19(2,10-18(26)27)9-17(25)23-12-20(28)5-8-24(13-20)16-4-7-22-15-3-6-21-11-14(15)16/h3-4,6-7,11,28H,5,8-10,12-13H2,1-2H3,(H,23,25)(H,26,27). The SMILES string of the molecule is CC(C)(CC(=O)O)CC(=O)NCC1(O)CCN(c2ccnc3ccncc23)C1. The van der Waals surface area contributed by atoms with Gasteiger partial charge in [-0.2, -0.15) is 0 Å². The van der Waals surface area contributed by atoms with E-state index in [0.29, 0.717) is 19.5 Å². The minimum absolute atomic E-state index is 0.0817. The zero-order valence-electron chi connectivity index (χ0n) is 16.2. The quantitative estimate of drug-likeness (QED) is 0.661. The first-order chi connectivity index (χ1) is 13.2. The molecule has 1 unspecified atom stereocenters. The summed E-state index contributed by atoms with van der Waals surface area (Å²) < 4.78 is 0. The fraction of sp³-hybridized carbons (Fsp3) is 0.500. The summed E-state index contributed by atoms with van der Waals surface area (Å²) in [6, 6.07) is 3.75. The molecule has 2 aromatic heterocycles. The number of carboxylic acids is 1. The van der Waals surface area contributed by atoms with Crippen LogP contribution in [0.5, 0.6) is 0 Å². The van der Waals surface area contributed by atoms with Crippen molar-refractivity contribution in [3.05, 3.63) is 30.7 Å². The van der Waals surface area contributed by atoms with E-state index in [-0.39, 0.29) is 25.3 Å². The Morgan fingerprint density at radius 1 is 1.29 bits per heavy atom. The number of β-amino-alcohol motifs (C(OH)–C–C–N with tert-alkyl or cyclic N) is 1. The van der Waals surface area contributed by atoms with Crippen LogP contribution in [0.25, 0.3) is 10.9 Å². The molecule has 8 nitrogen and oxygen atoms in total. The lowest BCUT2D eigenvalue weighted by molar-refractivity contribution is -0.139. The molecule has 8 heteroatoms. The highest BCUT2D eigenvalue weighted by atomic mass is 16.4. The van der Waals surface area contributed by atoms with Crippen molar-refractivity contribution in [1.29, 1.82) is 0 Å². The van der Waals surface area contributed by atoms with Crippen LogP contribution >= 0.6 is 0 Å². The highest BCUT2D eigenvalue weighted by molar-refractivity contribution is 5.90. The fourth-order valence-corrected chi connectivity index (χ4v) is 3.69. The first-order valence-electron chi connectivity index (χ1n) is 9.32. The van der Waals surface area contributed by atoms with Crippen molar-refractivity contribution in [3.8, 4) is 0 Å². The van der Waals surface area contributed by atoms with Crippen LogP contribution in [0.1, 0.15) is 33.1 Å². The van der Waals surface area contributed by atoms with E-state index in [1.807, 2.05) is 12.1 Å². The number of hydrogen-bond acceptors (Lipinski definition) is 6. The number of aliphatic carboxylic acids is 1. The molecule has 3 rings (SSSR count). The zero-order chi connectivity index (χ0) is 20.4. The summed E-state index contributed by atoms with van der Waals surface area (Å²) in [6.45, 7) is 4.67. The molecule has 1 aliphatic rings. The Kier molecular flexibility index (Phi) is 5.51. The number of fused-ring (bicyclic) bond motifs is 1. The van der Waals surface area contributed by atoms with Gasteiger partial charge < -0.3 is 20.4 Å². The number of anilines is 1. The van der Waals surface area contributed by atoms with Crippen LogP contribution in [0.3, 0.4) is 0 Å². The molecule has 0 radical (unpaired) electrons. The molecule has 2 aromatic rings. The molecule has 1 aliphatic heterocycles. The van der Waals surface area contributed by atoms with E-state index in [4.69, 9.17) is 5.11 Å². The zero-order valence-corrected chi connectivity index (χ0v) is 16.2. The Hall–Kier alpha value is -2.74. The molecule has 28 heavy (non-hydrogen) atoms. The number of nitrogens with one attached hydrogen (secondary N) is 1.